The number of benzene rings is 1. The van der Waals surface area contributed by atoms with Crippen molar-refractivity contribution < 1.29 is 14.3 Å². The molecular weight excluding hydrogens is 334 g/mol. The zero-order chi connectivity index (χ0) is 18.8. The molecule has 1 unspecified atom stereocenters. The Morgan fingerprint density at radius 2 is 1.88 bits per heavy atom. The average Bonchev–Trinajstić information content (AvgIpc) is 2.61. The van der Waals surface area contributed by atoms with Gasteiger partial charge in [0.2, 0.25) is 5.91 Å². The third-order valence-corrected chi connectivity index (χ3v) is 4.46. The van der Waals surface area contributed by atoms with E-state index in [2.05, 4.69) is 5.32 Å². The molecule has 0 saturated carbocycles. The lowest BCUT2D eigenvalue weighted by Crippen LogP contribution is -2.49. The average molecular weight is 355 g/mol. The van der Waals surface area contributed by atoms with Gasteiger partial charge in [0.1, 0.15) is 17.1 Å². The third-order valence-electron chi connectivity index (χ3n) is 4.46. The number of pyridine rings is 1. The highest BCUT2D eigenvalue weighted by Crippen LogP contribution is 2.21. The summed E-state index contributed by atoms with van der Waals surface area (Å²) in [6.07, 6.45) is 0. The molecule has 1 aliphatic rings. The Morgan fingerprint density at radius 3 is 2.50 bits per heavy atom. The molecule has 1 N–H and O–H groups in total. The molecule has 0 aliphatic carbocycles. The van der Waals surface area contributed by atoms with Gasteiger partial charge in [-0.1, -0.05) is 12.1 Å². The molecule has 0 fully saturated rings. The van der Waals surface area contributed by atoms with Gasteiger partial charge in [0.25, 0.3) is 11.5 Å². The normalized spacial score (nSPS) is 16.2. The summed E-state index contributed by atoms with van der Waals surface area (Å²) in [6, 6.07) is 10.5. The quantitative estimate of drug-likeness (QED) is 0.908. The smallest absolute Gasteiger partial charge is 0.275 e. The first-order chi connectivity index (χ1) is 12.4. The number of carbonyl (C=O) groups is 2. The molecular formula is C19H21N3O4. The van der Waals surface area contributed by atoms with Crippen LogP contribution >= 0.6 is 0 Å². The van der Waals surface area contributed by atoms with E-state index in [1.807, 2.05) is 31.2 Å². The van der Waals surface area contributed by atoms with E-state index in [9.17, 15) is 14.4 Å². The summed E-state index contributed by atoms with van der Waals surface area (Å²) in [6.45, 7) is 4.07. The minimum Gasteiger partial charge on any atom is -0.497 e. The summed E-state index contributed by atoms with van der Waals surface area (Å²) in [5, 5.41) is 2.51. The van der Waals surface area contributed by atoms with Crippen LogP contribution in [-0.2, 0) is 17.9 Å². The molecule has 1 aliphatic heterocycles. The van der Waals surface area contributed by atoms with Crippen molar-refractivity contribution >= 4 is 17.5 Å². The number of fused-ring (bicyclic) bond motifs is 1. The van der Waals surface area contributed by atoms with Gasteiger partial charge in [-0.2, -0.15) is 0 Å². The van der Waals surface area contributed by atoms with Gasteiger partial charge in [0.05, 0.1) is 7.11 Å². The van der Waals surface area contributed by atoms with Crippen LogP contribution in [-0.4, -0.2) is 34.4 Å². The molecule has 136 valence electrons. The fourth-order valence-electron chi connectivity index (χ4n) is 3.10. The van der Waals surface area contributed by atoms with Crippen LogP contribution in [0.4, 0.5) is 5.69 Å². The van der Waals surface area contributed by atoms with Crippen molar-refractivity contribution in [2.75, 3.05) is 12.4 Å². The van der Waals surface area contributed by atoms with E-state index in [-0.39, 0.29) is 29.1 Å². The summed E-state index contributed by atoms with van der Waals surface area (Å²) < 4.78 is 6.58. The van der Waals surface area contributed by atoms with Crippen LogP contribution in [0.15, 0.2) is 41.2 Å². The number of nitrogens with one attached hydrogen (secondary N) is 1. The third kappa shape index (κ3) is 3.33. The maximum Gasteiger partial charge on any atom is 0.275 e. The lowest BCUT2D eigenvalue weighted by molar-refractivity contribution is -0.114. The minimum atomic E-state index is -0.359. The van der Waals surface area contributed by atoms with Gasteiger partial charge in [0.15, 0.2) is 0 Å². The predicted octanol–water partition coefficient (Wildman–Crippen LogP) is 1.86. The first-order valence-corrected chi connectivity index (χ1v) is 8.36. The Kier molecular flexibility index (Phi) is 4.79. The van der Waals surface area contributed by atoms with E-state index in [1.165, 1.54) is 17.6 Å². The fraction of sp³-hybridized carbons (Fsp3) is 0.316. The van der Waals surface area contributed by atoms with E-state index in [1.54, 1.807) is 18.1 Å². The zero-order valence-electron chi connectivity index (χ0n) is 15.0. The predicted molar refractivity (Wildman–Crippen MR) is 97.3 cm³/mol. The largest absolute Gasteiger partial charge is 0.497 e. The van der Waals surface area contributed by atoms with Gasteiger partial charge >= 0.3 is 0 Å². The standard InChI is InChI=1S/C19H21N3O4/c1-12-10-22-17(9-8-16(18(22)24)20-13(2)23)19(25)21(12)11-14-4-6-15(26-3)7-5-14/h4-9,12H,10-11H2,1-3H3,(H,20,23). The van der Waals surface area contributed by atoms with Crippen molar-refractivity contribution in [1.29, 1.82) is 0 Å². The highest BCUT2D eigenvalue weighted by molar-refractivity contribution is 5.94. The molecule has 3 rings (SSSR count). The Bertz CT molecular complexity index is 902. The van der Waals surface area contributed by atoms with Crippen molar-refractivity contribution in [3.63, 3.8) is 0 Å². The van der Waals surface area contributed by atoms with Gasteiger partial charge in [-0.3, -0.25) is 14.4 Å². The Morgan fingerprint density at radius 1 is 1.19 bits per heavy atom. The lowest BCUT2D eigenvalue weighted by Gasteiger charge is -2.35. The molecule has 1 atom stereocenters. The summed E-state index contributed by atoms with van der Waals surface area (Å²) in [7, 11) is 1.61. The van der Waals surface area contributed by atoms with Gasteiger partial charge in [-0.05, 0) is 36.8 Å². The van der Waals surface area contributed by atoms with Crippen molar-refractivity contribution in [3.8, 4) is 5.75 Å². The number of carbonyl (C=O) groups excluding carboxylic acids is 2. The van der Waals surface area contributed by atoms with E-state index in [4.69, 9.17) is 4.74 Å². The molecule has 1 aromatic carbocycles. The number of hydrogen-bond donors (Lipinski definition) is 1. The van der Waals surface area contributed by atoms with Gasteiger partial charge in [-0.15, -0.1) is 0 Å². The van der Waals surface area contributed by atoms with Gasteiger partial charge in [0, 0.05) is 26.1 Å². The van der Waals surface area contributed by atoms with Crippen molar-refractivity contribution in [3.05, 3.63) is 58.0 Å². The second kappa shape index (κ2) is 7.03. The Labute approximate surface area is 151 Å². The summed E-state index contributed by atoms with van der Waals surface area (Å²) in [4.78, 5) is 38.4. The van der Waals surface area contributed by atoms with Crippen LogP contribution in [0.5, 0.6) is 5.75 Å². The SMILES string of the molecule is COc1ccc(CN2C(=O)c3ccc(NC(C)=O)c(=O)n3CC2C)cc1. The Balaban J connectivity index is 1.88. The molecule has 0 radical (unpaired) electrons. The topological polar surface area (TPSA) is 80.6 Å². The number of rotatable bonds is 4. The number of amides is 2. The molecule has 2 heterocycles. The number of ether oxygens (including phenoxy) is 1. The maximum atomic E-state index is 12.9. The first-order valence-electron chi connectivity index (χ1n) is 8.36. The molecule has 2 aromatic rings. The lowest BCUT2D eigenvalue weighted by atomic mass is 10.1. The second-order valence-electron chi connectivity index (χ2n) is 6.36. The van der Waals surface area contributed by atoms with E-state index in [0.29, 0.717) is 18.8 Å². The molecule has 2 amide bonds. The molecule has 0 bridgehead atoms. The van der Waals surface area contributed by atoms with Gasteiger partial charge in [-0.25, -0.2) is 0 Å². The minimum absolute atomic E-state index is 0.151. The van der Waals surface area contributed by atoms with Crippen LogP contribution < -0.4 is 15.6 Å². The number of methoxy groups -OCH3 is 1. The molecule has 0 spiro atoms. The molecule has 0 saturated heterocycles. The second-order valence-corrected chi connectivity index (χ2v) is 6.36. The molecule has 26 heavy (non-hydrogen) atoms. The maximum absolute atomic E-state index is 12.9. The highest BCUT2D eigenvalue weighted by Gasteiger charge is 2.31. The highest BCUT2D eigenvalue weighted by atomic mass is 16.5. The number of hydrogen-bond acceptors (Lipinski definition) is 4. The number of aromatic nitrogens is 1. The van der Waals surface area contributed by atoms with Crippen molar-refractivity contribution in [2.24, 2.45) is 0 Å². The zero-order valence-corrected chi connectivity index (χ0v) is 15.0. The number of anilines is 1. The molecule has 7 nitrogen and oxygen atoms in total. The van der Waals surface area contributed by atoms with Gasteiger partial charge < -0.3 is 19.5 Å². The van der Waals surface area contributed by atoms with Crippen LogP contribution in [0.1, 0.15) is 29.9 Å². The summed E-state index contributed by atoms with van der Waals surface area (Å²) in [5.74, 6) is 0.235. The Hall–Kier alpha value is -3.09. The van der Waals surface area contributed by atoms with Crippen LogP contribution in [0, 0.1) is 0 Å². The van der Waals surface area contributed by atoms with Crippen molar-refractivity contribution in [2.45, 2.75) is 33.0 Å². The van der Waals surface area contributed by atoms with Crippen LogP contribution in [0.2, 0.25) is 0 Å². The van der Waals surface area contributed by atoms with E-state index < -0.39 is 0 Å². The van der Waals surface area contributed by atoms with E-state index in [0.717, 1.165) is 11.3 Å². The molecule has 1 aromatic heterocycles. The fourth-order valence-corrected chi connectivity index (χ4v) is 3.10. The van der Waals surface area contributed by atoms with Crippen LogP contribution in [0.25, 0.3) is 0 Å². The van der Waals surface area contributed by atoms with Crippen molar-refractivity contribution in [1.82, 2.24) is 9.47 Å². The van der Waals surface area contributed by atoms with E-state index >= 15 is 0 Å². The summed E-state index contributed by atoms with van der Waals surface area (Å²) in [5.41, 5.74) is 1.14. The molecule has 7 heteroatoms. The number of nitrogens with zero attached hydrogens (tertiary/aromatic N) is 2. The first kappa shape index (κ1) is 17.7. The summed E-state index contributed by atoms with van der Waals surface area (Å²) >= 11 is 0. The van der Waals surface area contributed by atoms with Crippen LogP contribution in [0.3, 0.4) is 0 Å². The monoisotopic (exact) mass is 355 g/mol.